The predicted molar refractivity (Wildman–Crippen MR) is 71.4 cm³/mol. The Morgan fingerprint density at radius 2 is 2.33 bits per heavy atom. The van der Waals surface area contributed by atoms with Gasteiger partial charge in [-0.15, -0.1) is 0 Å². The van der Waals surface area contributed by atoms with Gasteiger partial charge in [0, 0.05) is 24.9 Å². The first-order valence-corrected chi connectivity index (χ1v) is 6.58. The fourth-order valence-corrected chi connectivity index (χ4v) is 2.82. The number of rotatable bonds is 3. The van der Waals surface area contributed by atoms with Crippen LogP contribution in [0.15, 0.2) is 24.3 Å². The number of para-hydroxylation sites is 1. The summed E-state index contributed by atoms with van der Waals surface area (Å²) in [5.74, 6) is 0. The number of benzene rings is 1. The molecule has 1 aromatic carbocycles. The van der Waals surface area contributed by atoms with E-state index in [1.807, 2.05) is 23.9 Å². The van der Waals surface area contributed by atoms with Crippen LogP contribution in [0.2, 0.25) is 0 Å². The molecule has 3 rings (SSSR count). The van der Waals surface area contributed by atoms with Crippen LogP contribution in [0.4, 0.5) is 0 Å². The second-order valence-electron chi connectivity index (χ2n) is 5.06. The van der Waals surface area contributed by atoms with Crippen LogP contribution in [0.25, 0.3) is 10.9 Å². The van der Waals surface area contributed by atoms with Crippen molar-refractivity contribution in [2.24, 2.45) is 7.05 Å². The summed E-state index contributed by atoms with van der Waals surface area (Å²) in [5, 5.41) is 19.3. The van der Waals surface area contributed by atoms with E-state index in [1.165, 1.54) is 0 Å². The maximum Gasteiger partial charge on any atom is 0.0749 e. The van der Waals surface area contributed by atoms with Crippen molar-refractivity contribution >= 4 is 10.9 Å². The third kappa shape index (κ3) is 2.02. The average molecular weight is 245 g/mol. The van der Waals surface area contributed by atoms with Gasteiger partial charge in [-0.1, -0.05) is 18.2 Å². The van der Waals surface area contributed by atoms with Crippen molar-refractivity contribution in [2.75, 3.05) is 6.54 Å². The number of fused-ring (bicyclic) bond motifs is 1. The molecular formula is C14H19N3O. The highest BCUT2D eigenvalue weighted by Crippen LogP contribution is 2.20. The molecule has 1 fully saturated rings. The third-order valence-electron chi connectivity index (χ3n) is 3.80. The first-order chi connectivity index (χ1) is 8.75. The Morgan fingerprint density at radius 1 is 1.50 bits per heavy atom. The number of nitrogens with one attached hydrogen (secondary N) is 1. The van der Waals surface area contributed by atoms with E-state index in [1.54, 1.807) is 0 Å². The quantitative estimate of drug-likeness (QED) is 0.855. The summed E-state index contributed by atoms with van der Waals surface area (Å²) in [5.41, 5.74) is 2.12. The molecule has 18 heavy (non-hydrogen) atoms. The molecule has 4 nitrogen and oxygen atoms in total. The van der Waals surface area contributed by atoms with Crippen molar-refractivity contribution < 1.29 is 5.11 Å². The molecule has 0 spiro atoms. The number of aryl methyl sites for hydroxylation is 1. The third-order valence-corrected chi connectivity index (χ3v) is 3.80. The zero-order valence-corrected chi connectivity index (χ0v) is 10.6. The maximum atomic E-state index is 10.3. The van der Waals surface area contributed by atoms with Crippen LogP contribution in [-0.4, -0.2) is 33.6 Å². The standard InChI is InChI=1S/C14H19N3O/c1-17-13-7-3-2-5-10(13)12(16-17)9-14(18)11-6-4-8-15-11/h2-3,5,7,11,14-15,18H,4,6,8-9H2,1H3. The van der Waals surface area contributed by atoms with Crippen molar-refractivity contribution in [3.8, 4) is 0 Å². The van der Waals surface area contributed by atoms with E-state index >= 15 is 0 Å². The van der Waals surface area contributed by atoms with Gasteiger partial charge in [0.2, 0.25) is 0 Å². The molecule has 2 aromatic rings. The number of aromatic nitrogens is 2. The first kappa shape index (κ1) is 11.7. The van der Waals surface area contributed by atoms with E-state index in [9.17, 15) is 5.11 Å². The van der Waals surface area contributed by atoms with E-state index in [0.717, 1.165) is 36.0 Å². The summed E-state index contributed by atoms with van der Waals surface area (Å²) in [6, 6.07) is 8.40. The highest BCUT2D eigenvalue weighted by molar-refractivity contribution is 5.81. The monoisotopic (exact) mass is 245 g/mol. The lowest BCUT2D eigenvalue weighted by Gasteiger charge is -2.17. The fourth-order valence-electron chi connectivity index (χ4n) is 2.82. The second-order valence-corrected chi connectivity index (χ2v) is 5.06. The molecule has 0 bridgehead atoms. The number of hydrogen-bond donors (Lipinski definition) is 2. The van der Waals surface area contributed by atoms with Crippen molar-refractivity contribution in [3.63, 3.8) is 0 Å². The van der Waals surface area contributed by atoms with Crippen LogP contribution in [0.1, 0.15) is 18.5 Å². The lowest BCUT2D eigenvalue weighted by Crippen LogP contribution is -2.36. The minimum absolute atomic E-state index is 0.228. The first-order valence-electron chi connectivity index (χ1n) is 6.58. The van der Waals surface area contributed by atoms with Gasteiger partial charge in [0.15, 0.2) is 0 Å². The Kier molecular flexibility index (Phi) is 3.06. The summed E-state index contributed by atoms with van der Waals surface area (Å²) in [7, 11) is 1.95. The second kappa shape index (κ2) is 4.71. The Labute approximate surface area is 107 Å². The summed E-state index contributed by atoms with van der Waals surface area (Å²) in [6.07, 6.45) is 2.50. The molecule has 1 aromatic heterocycles. The van der Waals surface area contributed by atoms with Crippen LogP contribution in [-0.2, 0) is 13.5 Å². The van der Waals surface area contributed by atoms with E-state index in [-0.39, 0.29) is 12.1 Å². The minimum atomic E-state index is -0.342. The van der Waals surface area contributed by atoms with Crippen LogP contribution in [0.3, 0.4) is 0 Å². The zero-order chi connectivity index (χ0) is 12.5. The van der Waals surface area contributed by atoms with Gasteiger partial charge in [-0.25, -0.2) is 0 Å². The Balaban J connectivity index is 1.86. The lowest BCUT2D eigenvalue weighted by atomic mass is 10.0. The lowest BCUT2D eigenvalue weighted by molar-refractivity contribution is 0.135. The van der Waals surface area contributed by atoms with E-state index in [4.69, 9.17) is 0 Å². The minimum Gasteiger partial charge on any atom is -0.391 e. The highest BCUT2D eigenvalue weighted by atomic mass is 16.3. The molecule has 0 saturated carbocycles. The summed E-state index contributed by atoms with van der Waals surface area (Å²) in [6.45, 7) is 1.02. The zero-order valence-electron chi connectivity index (χ0n) is 10.6. The topological polar surface area (TPSA) is 50.1 Å². The number of hydrogen-bond acceptors (Lipinski definition) is 3. The Bertz CT molecular complexity index is 543. The van der Waals surface area contributed by atoms with E-state index < -0.39 is 0 Å². The molecule has 2 unspecified atom stereocenters. The normalized spacial score (nSPS) is 21.6. The van der Waals surface area contributed by atoms with Gasteiger partial charge < -0.3 is 10.4 Å². The van der Waals surface area contributed by atoms with E-state index in [2.05, 4.69) is 22.5 Å². The number of aliphatic hydroxyl groups excluding tert-OH is 1. The molecular weight excluding hydrogens is 226 g/mol. The molecule has 1 aliphatic heterocycles. The van der Waals surface area contributed by atoms with Crippen LogP contribution in [0.5, 0.6) is 0 Å². The van der Waals surface area contributed by atoms with Crippen molar-refractivity contribution in [1.82, 2.24) is 15.1 Å². The predicted octanol–water partition coefficient (Wildman–Crippen LogP) is 1.23. The summed E-state index contributed by atoms with van der Waals surface area (Å²) in [4.78, 5) is 0. The average Bonchev–Trinajstić information content (AvgIpc) is 3.00. The van der Waals surface area contributed by atoms with Crippen LogP contribution in [0, 0.1) is 0 Å². The van der Waals surface area contributed by atoms with Crippen LogP contribution >= 0.6 is 0 Å². The molecule has 2 N–H and O–H groups in total. The van der Waals surface area contributed by atoms with Gasteiger partial charge in [0.05, 0.1) is 17.3 Å². The number of nitrogens with zero attached hydrogens (tertiary/aromatic N) is 2. The molecule has 0 radical (unpaired) electrons. The molecule has 2 heterocycles. The van der Waals surface area contributed by atoms with Crippen LogP contribution < -0.4 is 5.32 Å². The highest BCUT2D eigenvalue weighted by Gasteiger charge is 2.24. The number of aliphatic hydroxyl groups is 1. The van der Waals surface area contributed by atoms with Crippen molar-refractivity contribution in [1.29, 1.82) is 0 Å². The van der Waals surface area contributed by atoms with Gasteiger partial charge in [0.1, 0.15) is 0 Å². The summed E-state index contributed by atoms with van der Waals surface area (Å²) < 4.78 is 1.89. The SMILES string of the molecule is Cn1nc(CC(O)C2CCCN2)c2ccccc21. The molecule has 0 aliphatic carbocycles. The molecule has 4 heteroatoms. The molecule has 1 aliphatic rings. The molecule has 96 valence electrons. The molecule has 0 amide bonds. The molecule has 2 atom stereocenters. The van der Waals surface area contributed by atoms with Gasteiger partial charge in [-0.3, -0.25) is 4.68 Å². The van der Waals surface area contributed by atoms with Crippen molar-refractivity contribution in [2.45, 2.75) is 31.4 Å². The van der Waals surface area contributed by atoms with Gasteiger partial charge >= 0.3 is 0 Å². The van der Waals surface area contributed by atoms with Crippen molar-refractivity contribution in [3.05, 3.63) is 30.0 Å². The maximum absolute atomic E-state index is 10.3. The van der Waals surface area contributed by atoms with Gasteiger partial charge in [-0.05, 0) is 25.5 Å². The smallest absolute Gasteiger partial charge is 0.0749 e. The fraction of sp³-hybridized carbons (Fsp3) is 0.500. The molecule has 1 saturated heterocycles. The van der Waals surface area contributed by atoms with Gasteiger partial charge in [-0.2, -0.15) is 5.10 Å². The van der Waals surface area contributed by atoms with Gasteiger partial charge in [0.25, 0.3) is 0 Å². The Morgan fingerprint density at radius 3 is 3.11 bits per heavy atom. The largest absolute Gasteiger partial charge is 0.391 e. The Hall–Kier alpha value is -1.39. The summed E-state index contributed by atoms with van der Waals surface area (Å²) >= 11 is 0. The van der Waals surface area contributed by atoms with E-state index in [0.29, 0.717) is 6.42 Å².